The molecule has 0 aliphatic heterocycles. The van der Waals surface area contributed by atoms with Gasteiger partial charge in [-0.1, -0.05) is 12.1 Å². The van der Waals surface area contributed by atoms with E-state index in [2.05, 4.69) is 5.32 Å². The number of anilines is 1. The van der Waals surface area contributed by atoms with Crippen LogP contribution in [0.3, 0.4) is 0 Å². The zero-order chi connectivity index (χ0) is 19.4. The third-order valence-corrected chi connectivity index (χ3v) is 4.29. The number of nitrogens with one attached hydrogen (secondary N) is 1. The van der Waals surface area contributed by atoms with E-state index >= 15 is 0 Å². The van der Waals surface area contributed by atoms with E-state index in [0.717, 1.165) is 16.5 Å². The van der Waals surface area contributed by atoms with Crippen LogP contribution in [0.5, 0.6) is 0 Å². The van der Waals surface area contributed by atoms with Crippen molar-refractivity contribution in [1.29, 1.82) is 5.26 Å². The van der Waals surface area contributed by atoms with Gasteiger partial charge in [0.05, 0.1) is 23.9 Å². The monoisotopic (exact) mass is 362 g/mol. The van der Waals surface area contributed by atoms with Crippen molar-refractivity contribution in [3.05, 3.63) is 64.9 Å². The van der Waals surface area contributed by atoms with Crippen molar-refractivity contribution >= 4 is 28.5 Å². The van der Waals surface area contributed by atoms with Gasteiger partial charge in [0.1, 0.15) is 11.7 Å². The number of carbonyl (C=O) groups excluding carboxylic acids is 2. The first-order valence-electron chi connectivity index (χ1n) is 8.40. The molecule has 1 aromatic heterocycles. The molecule has 0 spiro atoms. The number of rotatable bonds is 5. The molecule has 0 aliphatic carbocycles. The third kappa shape index (κ3) is 4.15. The standard InChI is InChI=1S/C21H18N2O4/c1-13-7-17-16(11-26-19(17)8-14(13)2)9-21(25)27-12-20(24)23-18-6-4-3-5-15(18)10-22/h3-8,11H,9,12H2,1-2H3,(H,23,24). The molecule has 136 valence electrons. The smallest absolute Gasteiger partial charge is 0.310 e. The lowest BCUT2D eigenvalue weighted by molar-refractivity contribution is -0.146. The normalized spacial score (nSPS) is 10.4. The van der Waals surface area contributed by atoms with Crippen molar-refractivity contribution in [2.45, 2.75) is 20.3 Å². The number of ether oxygens (including phenoxy) is 1. The Labute approximate surface area is 156 Å². The number of amides is 1. The van der Waals surface area contributed by atoms with E-state index in [1.54, 1.807) is 24.3 Å². The second kappa shape index (κ2) is 7.75. The molecule has 6 nitrogen and oxygen atoms in total. The number of carbonyl (C=O) groups is 2. The average Bonchev–Trinajstić information content (AvgIpc) is 3.02. The van der Waals surface area contributed by atoms with Crippen LogP contribution < -0.4 is 5.32 Å². The van der Waals surface area contributed by atoms with Crippen LogP contribution in [0.15, 0.2) is 47.1 Å². The summed E-state index contributed by atoms with van der Waals surface area (Å²) in [6.45, 7) is 3.56. The van der Waals surface area contributed by atoms with E-state index in [9.17, 15) is 9.59 Å². The maximum atomic E-state index is 12.1. The lowest BCUT2D eigenvalue weighted by atomic mass is 10.0. The van der Waals surface area contributed by atoms with Gasteiger partial charge >= 0.3 is 5.97 Å². The molecule has 0 atom stereocenters. The fourth-order valence-corrected chi connectivity index (χ4v) is 2.70. The maximum absolute atomic E-state index is 12.1. The maximum Gasteiger partial charge on any atom is 0.310 e. The minimum atomic E-state index is -0.528. The van der Waals surface area contributed by atoms with Crippen LogP contribution in [0.25, 0.3) is 11.0 Å². The number of furan rings is 1. The molecule has 0 aliphatic rings. The summed E-state index contributed by atoms with van der Waals surface area (Å²) in [4.78, 5) is 24.1. The Morgan fingerprint density at radius 1 is 1.19 bits per heavy atom. The number of nitrogens with zero attached hydrogens (tertiary/aromatic N) is 1. The fraction of sp³-hybridized carbons (Fsp3) is 0.190. The highest BCUT2D eigenvalue weighted by Crippen LogP contribution is 2.25. The lowest BCUT2D eigenvalue weighted by Crippen LogP contribution is -2.22. The quantitative estimate of drug-likeness (QED) is 0.700. The number of fused-ring (bicyclic) bond motifs is 1. The number of para-hydroxylation sites is 1. The number of nitriles is 1. The molecule has 0 saturated carbocycles. The van der Waals surface area contributed by atoms with Crippen LogP contribution >= 0.6 is 0 Å². The molecule has 6 heteroatoms. The van der Waals surface area contributed by atoms with Gasteiger partial charge in [0.2, 0.25) is 0 Å². The first-order chi connectivity index (χ1) is 13.0. The predicted molar refractivity (Wildman–Crippen MR) is 100 cm³/mol. The van der Waals surface area contributed by atoms with Gasteiger partial charge in [0.15, 0.2) is 6.61 Å². The van der Waals surface area contributed by atoms with Crippen molar-refractivity contribution in [2.75, 3.05) is 11.9 Å². The number of esters is 1. The zero-order valence-electron chi connectivity index (χ0n) is 15.0. The molecule has 27 heavy (non-hydrogen) atoms. The first-order valence-corrected chi connectivity index (χ1v) is 8.40. The molecule has 3 aromatic rings. The molecule has 0 saturated heterocycles. The first kappa shape index (κ1) is 18.2. The SMILES string of the molecule is Cc1cc2occ(CC(=O)OCC(=O)Nc3ccccc3C#N)c2cc1C. The van der Waals surface area contributed by atoms with E-state index in [1.165, 1.54) is 6.26 Å². The summed E-state index contributed by atoms with van der Waals surface area (Å²) in [6.07, 6.45) is 1.55. The van der Waals surface area contributed by atoms with E-state index in [4.69, 9.17) is 14.4 Å². The molecule has 1 amide bonds. The molecule has 0 fully saturated rings. The Hall–Kier alpha value is -3.59. The fourth-order valence-electron chi connectivity index (χ4n) is 2.70. The van der Waals surface area contributed by atoms with Crippen LogP contribution in [0.2, 0.25) is 0 Å². The Morgan fingerprint density at radius 3 is 2.70 bits per heavy atom. The van der Waals surface area contributed by atoms with Gasteiger partial charge in [-0.25, -0.2) is 0 Å². The molecule has 1 heterocycles. The van der Waals surface area contributed by atoms with Crippen LogP contribution in [0.1, 0.15) is 22.3 Å². The van der Waals surface area contributed by atoms with Gasteiger partial charge < -0.3 is 14.5 Å². The summed E-state index contributed by atoms with van der Waals surface area (Å²) in [5.41, 5.74) is 4.37. The van der Waals surface area contributed by atoms with E-state index < -0.39 is 18.5 Å². The van der Waals surface area contributed by atoms with Gasteiger partial charge in [-0.3, -0.25) is 9.59 Å². The second-order valence-electron chi connectivity index (χ2n) is 6.24. The molecular formula is C21H18N2O4. The van der Waals surface area contributed by atoms with Crippen LogP contribution in [0, 0.1) is 25.2 Å². The lowest BCUT2D eigenvalue weighted by Gasteiger charge is -2.07. The van der Waals surface area contributed by atoms with Gasteiger partial charge in [-0.15, -0.1) is 0 Å². The number of aryl methyl sites for hydroxylation is 2. The molecule has 1 N–H and O–H groups in total. The zero-order valence-corrected chi connectivity index (χ0v) is 15.0. The highest BCUT2D eigenvalue weighted by molar-refractivity contribution is 5.94. The highest BCUT2D eigenvalue weighted by Gasteiger charge is 2.14. The van der Waals surface area contributed by atoms with Gasteiger partial charge in [-0.2, -0.15) is 5.26 Å². The molecule has 2 aromatic carbocycles. The van der Waals surface area contributed by atoms with Crippen molar-refractivity contribution in [3.8, 4) is 6.07 Å². The summed E-state index contributed by atoms with van der Waals surface area (Å²) in [6, 6.07) is 12.5. The molecular weight excluding hydrogens is 344 g/mol. The van der Waals surface area contributed by atoms with Crippen molar-refractivity contribution in [3.63, 3.8) is 0 Å². The van der Waals surface area contributed by atoms with Gasteiger partial charge in [0.25, 0.3) is 5.91 Å². The number of hydrogen-bond donors (Lipinski definition) is 1. The predicted octanol–water partition coefficient (Wildman–Crippen LogP) is 3.65. The Balaban J connectivity index is 1.59. The topological polar surface area (TPSA) is 92.3 Å². The highest BCUT2D eigenvalue weighted by atomic mass is 16.5. The summed E-state index contributed by atoms with van der Waals surface area (Å²) < 4.78 is 10.5. The van der Waals surface area contributed by atoms with Gasteiger partial charge in [0, 0.05) is 10.9 Å². The molecule has 3 rings (SSSR count). The summed E-state index contributed by atoms with van der Waals surface area (Å²) in [5, 5.41) is 12.4. The van der Waals surface area contributed by atoms with Crippen molar-refractivity contribution < 1.29 is 18.7 Å². The van der Waals surface area contributed by atoms with Crippen LogP contribution in [-0.4, -0.2) is 18.5 Å². The van der Waals surface area contributed by atoms with Crippen molar-refractivity contribution in [2.24, 2.45) is 0 Å². The number of hydrogen-bond acceptors (Lipinski definition) is 5. The molecule has 0 bridgehead atoms. The Kier molecular flexibility index (Phi) is 5.23. The number of benzene rings is 2. The second-order valence-corrected chi connectivity index (χ2v) is 6.24. The van der Waals surface area contributed by atoms with E-state index in [-0.39, 0.29) is 6.42 Å². The molecule has 0 unspecified atom stereocenters. The van der Waals surface area contributed by atoms with Crippen molar-refractivity contribution in [1.82, 2.24) is 0 Å². The van der Waals surface area contributed by atoms with E-state index in [0.29, 0.717) is 22.4 Å². The summed E-state index contributed by atoms with van der Waals surface area (Å²) in [7, 11) is 0. The average molecular weight is 362 g/mol. The minimum absolute atomic E-state index is 0.0115. The Bertz CT molecular complexity index is 1060. The third-order valence-electron chi connectivity index (χ3n) is 4.29. The van der Waals surface area contributed by atoms with Gasteiger partial charge in [-0.05, 0) is 49.2 Å². The summed E-state index contributed by atoms with van der Waals surface area (Å²) in [5.74, 6) is -1.03. The summed E-state index contributed by atoms with van der Waals surface area (Å²) >= 11 is 0. The van der Waals surface area contributed by atoms with Crippen LogP contribution in [-0.2, 0) is 20.7 Å². The Morgan fingerprint density at radius 2 is 1.93 bits per heavy atom. The van der Waals surface area contributed by atoms with Crippen LogP contribution in [0.4, 0.5) is 5.69 Å². The molecule has 0 radical (unpaired) electrons. The minimum Gasteiger partial charge on any atom is -0.464 e. The largest absolute Gasteiger partial charge is 0.464 e. The van der Waals surface area contributed by atoms with E-state index in [1.807, 2.05) is 32.0 Å².